The lowest BCUT2D eigenvalue weighted by atomic mass is 9.93. The zero-order valence-corrected chi connectivity index (χ0v) is 75.9. The monoisotopic (exact) mass is 1780 g/mol. The Balaban J connectivity index is 0.000000180. The van der Waals surface area contributed by atoms with Crippen LogP contribution in [0.4, 0.5) is 4.79 Å². The molecule has 3 N–H and O–H groups in total. The molecule has 4 aromatic heterocycles. The molecule has 6 aliphatic rings. The molecule has 4 aliphatic heterocycles. The molecule has 0 radical (unpaired) electrons. The Morgan fingerprint density at radius 1 is 0.328 bits per heavy atom. The van der Waals surface area contributed by atoms with E-state index >= 15 is 0 Å². The summed E-state index contributed by atoms with van der Waals surface area (Å²) in [6.07, 6.45) is 17.2. The van der Waals surface area contributed by atoms with Gasteiger partial charge in [0, 0.05) is 62.8 Å². The quantitative estimate of drug-likeness (QED) is 0.0450. The van der Waals surface area contributed by atoms with Gasteiger partial charge in [-0.05, 0) is 185 Å². The zero-order valence-electron chi connectivity index (χ0n) is 72.7. The first kappa shape index (κ1) is 87.9. The van der Waals surface area contributed by atoms with Crippen LogP contribution < -0.4 is 16.0 Å². The van der Waals surface area contributed by atoms with E-state index in [9.17, 15) is 38.4 Å². The topological polar surface area (TPSA) is 256 Å². The van der Waals surface area contributed by atoms with Gasteiger partial charge in [-0.15, -0.1) is 45.3 Å². The standard InChI is InChI=1S/C53H57N5O6S2.C50H48N6O4S2/c1-52(2,3)63-45(59)31-40(36-15-9-7-10-16-36)49(60)57-29-13-19-41(57)47-54-32-43(65-47)37-25-21-34(22-26-37)35-23-27-38(28-24-35)44-33-55-48(66-44)42-20-14-30-58(42)50(61)46(39-17-11-8-12-18-39)56-51(62)64-53(4,5)6;57-45(37-23-24-37)53-43(35-9-3-1-4-10-35)49(59)55-27-7-13-39(55)47-51-29-41(61-47)33-19-15-31(16-20-33)32-17-21-34(22-18-32)42-30-52-48(62-42)40-14-8-28-56(40)50(60)44(36-11-5-2-6-12-36)54-46(58)38-25-26-38/h7-12,15-18,21-28,32-33,40-42,46H,13-14,19-20,29-31H2,1-6H3,(H,56,62);1-6,9-12,15-22,29-30,37-40,43-44H,7-8,13-14,23-28H2,(H,53,57)(H,54,58)/t40-,41+,42+,46-;39-,40-,43+,44+/m10/s1. The van der Waals surface area contributed by atoms with Gasteiger partial charge < -0.3 is 45.0 Å². The van der Waals surface area contributed by atoms with E-state index in [4.69, 9.17) is 29.4 Å². The minimum absolute atomic E-state index is 0.0108. The Kier molecular flexibility index (Phi) is 26.6. The molecule has 7 amide bonds. The number of thiazole rings is 4. The molecule has 18 rings (SSSR count). The van der Waals surface area contributed by atoms with Crippen molar-refractivity contribution in [3.8, 4) is 64.0 Å². The smallest absolute Gasteiger partial charge is 0.408 e. The number of nitrogens with one attached hydrogen (secondary N) is 3. The second kappa shape index (κ2) is 38.8. The van der Waals surface area contributed by atoms with Crippen molar-refractivity contribution in [3.63, 3.8) is 0 Å². The van der Waals surface area contributed by atoms with Crippen LogP contribution in [-0.2, 0) is 43.0 Å². The van der Waals surface area contributed by atoms with E-state index < -0.39 is 47.3 Å². The van der Waals surface area contributed by atoms with Gasteiger partial charge in [-0.25, -0.2) is 24.7 Å². The average molecular weight is 1790 g/mol. The molecule has 128 heavy (non-hydrogen) atoms. The number of aromatic nitrogens is 4. The fraction of sp³-hybridized carbons (Fsp3) is 0.340. The Hall–Kier alpha value is -12.2. The number of alkyl carbamates (subject to hydrolysis) is 1. The van der Waals surface area contributed by atoms with Gasteiger partial charge in [0.05, 0.1) is 56.0 Å². The van der Waals surface area contributed by atoms with Gasteiger partial charge in [-0.1, -0.05) is 218 Å². The zero-order chi connectivity index (χ0) is 88.7. The fourth-order valence-electron chi connectivity index (χ4n) is 17.5. The van der Waals surface area contributed by atoms with Crippen molar-refractivity contribution in [1.29, 1.82) is 0 Å². The van der Waals surface area contributed by atoms with Crippen molar-refractivity contribution in [2.75, 3.05) is 26.2 Å². The van der Waals surface area contributed by atoms with Crippen LogP contribution in [0.1, 0.15) is 216 Å². The summed E-state index contributed by atoms with van der Waals surface area (Å²) in [5, 5.41) is 12.6. The molecule has 2 aliphatic carbocycles. The third kappa shape index (κ3) is 20.8. The molecule has 25 heteroatoms. The van der Waals surface area contributed by atoms with Crippen molar-refractivity contribution < 1.29 is 47.8 Å². The van der Waals surface area contributed by atoms with Crippen molar-refractivity contribution in [3.05, 3.63) is 285 Å². The van der Waals surface area contributed by atoms with Gasteiger partial charge >= 0.3 is 12.1 Å². The molecule has 21 nitrogen and oxygen atoms in total. The van der Waals surface area contributed by atoms with Gasteiger partial charge in [-0.2, -0.15) is 0 Å². The van der Waals surface area contributed by atoms with Crippen LogP contribution in [0.25, 0.3) is 64.0 Å². The number of rotatable bonds is 25. The van der Waals surface area contributed by atoms with E-state index in [0.29, 0.717) is 31.7 Å². The lowest BCUT2D eigenvalue weighted by Crippen LogP contribution is -2.44. The summed E-state index contributed by atoms with van der Waals surface area (Å²) in [4.78, 5) is 139. The number of nitrogens with zero attached hydrogens (tertiary/aromatic N) is 8. The van der Waals surface area contributed by atoms with Crippen LogP contribution in [-0.4, -0.2) is 124 Å². The maximum atomic E-state index is 14.3. The minimum Gasteiger partial charge on any atom is -0.460 e. The second-order valence-corrected chi connectivity index (χ2v) is 40.1. The van der Waals surface area contributed by atoms with Crippen molar-refractivity contribution in [2.24, 2.45) is 11.8 Å². The van der Waals surface area contributed by atoms with Crippen LogP contribution in [0, 0.1) is 11.8 Å². The summed E-state index contributed by atoms with van der Waals surface area (Å²) >= 11 is 6.45. The van der Waals surface area contributed by atoms with Crippen LogP contribution in [0.2, 0.25) is 0 Å². The summed E-state index contributed by atoms with van der Waals surface area (Å²) in [6, 6.07) is 68.9. The van der Waals surface area contributed by atoms with E-state index in [1.807, 2.05) is 186 Å². The molecule has 8 atom stereocenters. The molecule has 0 bridgehead atoms. The highest BCUT2D eigenvalue weighted by atomic mass is 32.1. The SMILES string of the molecule is CC(C)(C)OC(=O)C[C@@H](C(=O)N1CCC[C@H]1c1ncc(-c2ccc(-c3ccc(-c4cnc([C@@H]5CCCN5C(=O)[C@H](NC(=O)OC(C)(C)C)c5ccccc5)s4)cc3)cc2)s1)c1ccccc1.O=C(N[C@@H](C(=O)N1CCC[C@H]1c1ncc(-c2ccc(-c3ccc(-c4cnc([C@@H]5CCCN5C(=O)[C@H](NC(=O)C5CC5)c5ccccc5)s4)cc3)cc2)s1)c1ccccc1)C1CC1. The Morgan fingerprint density at radius 2 is 0.586 bits per heavy atom. The summed E-state index contributed by atoms with van der Waals surface area (Å²) in [5.41, 5.74) is 10.4. The number of ether oxygens (including phenoxy) is 2. The third-order valence-corrected chi connectivity index (χ3v) is 28.9. The highest BCUT2D eigenvalue weighted by Gasteiger charge is 2.44. The summed E-state index contributed by atoms with van der Waals surface area (Å²) in [6.45, 7) is 13.4. The molecule has 0 spiro atoms. The molecular weight excluding hydrogens is 1680 g/mol. The molecular formula is C103H105N11O10S4. The van der Waals surface area contributed by atoms with Crippen LogP contribution in [0.3, 0.4) is 0 Å². The number of amides is 7. The molecule has 0 unspecified atom stereocenters. The molecule has 6 fully saturated rings. The molecule has 8 heterocycles. The highest BCUT2D eigenvalue weighted by Crippen LogP contribution is 2.46. The van der Waals surface area contributed by atoms with Gasteiger partial charge in [-0.3, -0.25) is 33.6 Å². The first-order valence-corrected chi connectivity index (χ1v) is 47.7. The third-order valence-electron chi connectivity index (χ3n) is 24.3. The van der Waals surface area contributed by atoms with Crippen molar-refractivity contribution >= 4 is 92.9 Å². The molecule has 4 saturated heterocycles. The number of benzene rings is 8. The number of esters is 1. The van der Waals surface area contributed by atoms with Gasteiger partial charge in [0.25, 0.3) is 5.91 Å². The van der Waals surface area contributed by atoms with Crippen LogP contribution in [0.15, 0.2) is 243 Å². The number of likely N-dealkylation sites (tertiary alicyclic amines) is 4. The minimum atomic E-state index is -0.889. The van der Waals surface area contributed by atoms with Crippen LogP contribution in [0.5, 0.6) is 0 Å². The number of hydrogen-bond acceptors (Lipinski definition) is 18. The molecule has 8 aromatic carbocycles. The van der Waals surface area contributed by atoms with E-state index in [0.717, 1.165) is 178 Å². The predicted molar refractivity (Wildman–Crippen MR) is 501 cm³/mol. The Bertz CT molecular complexity index is 5570. The first-order valence-electron chi connectivity index (χ1n) is 44.5. The predicted octanol–water partition coefficient (Wildman–Crippen LogP) is 21.2. The summed E-state index contributed by atoms with van der Waals surface area (Å²) in [5.74, 6) is -1.51. The fourth-order valence-corrected chi connectivity index (χ4v) is 21.8. The molecule has 12 aromatic rings. The van der Waals surface area contributed by atoms with Gasteiger partial charge in [0.2, 0.25) is 29.5 Å². The normalized spacial score (nSPS) is 18.4. The molecule has 2 saturated carbocycles. The second-order valence-electron chi connectivity index (χ2n) is 35.8. The van der Waals surface area contributed by atoms with Gasteiger partial charge in [0.1, 0.15) is 49.4 Å². The Morgan fingerprint density at radius 3 is 0.859 bits per heavy atom. The highest BCUT2D eigenvalue weighted by molar-refractivity contribution is 7.16. The Labute approximate surface area is 762 Å². The average Bonchev–Trinajstić information content (AvgIpc) is 1.64. The van der Waals surface area contributed by atoms with Crippen molar-refractivity contribution in [1.82, 2.24) is 55.5 Å². The number of carbonyl (C=O) groups excluding carboxylic acids is 8. The largest absolute Gasteiger partial charge is 0.460 e. The van der Waals surface area contributed by atoms with E-state index in [1.54, 1.807) is 66.1 Å². The van der Waals surface area contributed by atoms with Gasteiger partial charge in [0.15, 0.2) is 0 Å². The first-order chi connectivity index (χ1) is 62.0. The lowest BCUT2D eigenvalue weighted by Gasteiger charge is -2.29. The van der Waals surface area contributed by atoms with Crippen molar-refractivity contribution in [2.45, 2.75) is 184 Å². The summed E-state index contributed by atoms with van der Waals surface area (Å²) in [7, 11) is 0. The van der Waals surface area contributed by atoms with E-state index in [2.05, 4.69) is 113 Å². The maximum Gasteiger partial charge on any atom is 0.408 e. The molecule has 656 valence electrons. The number of hydrogen-bond donors (Lipinski definition) is 3. The number of carbonyl (C=O) groups is 8. The lowest BCUT2D eigenvalue weighted by molar-refractivity contribution is -0.157. The maximum absolute atomic E-state index is 14.3. The van der Waals surface area contributed by atoms with Crippen LogP contribution >= 0.6 is 45.3 Å². The summed E-state index contributed by atoms with van der Waals surface area (Å²) < 4.78 is 11.2. The van der Waals surface area contributed by atoms with E-state index in [1.165, 1.54) is 0 Å². The van der Waals surface area contributed by atoms with E-state index in [-0.39, 0.29) is 77.9 Å².